The van der Waals surface area contributed by atoms with Crippen molar-refractivity contribution in [3.05, 3.63) is 69.5 Å². The van der Waals surface area contributed by atoms with Crippen molar-refractivity contribution in [3.8, 4) is 45.6 Å². The van der Waals surface area contributed by atoms with E-state index in [9.17, 15) is 19.2 Å². The van der Waals surface area contributed by atoms with Crippen molar-refractivity contribution in [2.75, 3.05) is 35.4 Å². The van der Waals surface area contributed by atoms with E-state index < -0.39 is 0 Å². The van der Waals surface area contributed by atoms with Gasteiger partial charge in [-0.3, -0.25) is 9.59 Å². The van der Waals surface area contributed by atoms with Gasteiger partial charge in [-0.15, -0.1) is 0 Å². The minimum Gasteiger partial charge on any atom is -0.386 e. The summed E-state index contributed by atoms with van der Waals surface area (Å²) in [6.07, 6.45) is 1.15. The minimum atomic E-state index is -0.386. The monoisotopic (exact) mass is 831 g/mol. The van der Waals surface area contributed by atoms with Gasteiger partial charge in [0.25, 0.3) is 0 Å². The number of carbonyl (C=O) groups excluding carboxylic acids is 2. The normalized spacial score (nSPS) is 11.7. The van der Waals surface area contributed by atoms with Crippen LogP contribution < -0.4 is 42.6 Å². The Bertz CT molecular complexity index is 3610. The molecular formula is C38H24CuN16O4. The van der Waals surface area contributed by atoms with Crippen molar-refractivity contribution in [1.29, 1.82) is 0 Å². The summed E-state index contributed by atoms with van der Waals surface area (Å²) in [6, 6.07) is 14.1. The number of carbonyl (C=O) groups is 2. The van der Waals surface area contributed by atoms with Crippen molar-refractivity contribution >= 4 is 102 Å². The number of anilines is 4. The maximum Gasteiger partial charge on any atom is 2.00 e. The number of nitrogens with one attached hydrogen (secondary N) is 8. The SMILES string of the molecule is CNc1cc2c(cc1NC=O)-c1nc-2nc2[n-]c(nc3nc(nc4[n-]c(n1)c1cc(NC=O)c(NC)cc41)-c1cc4[nH]c(=O)[nH]c4cc1-3)c1cc3[nH]c(=O)[nH]c3cc21.[Cu+2]. The summed E-state index contributed by atoms with van der Waals surface area (Å²) in [5.41, 5.74) is 6.70. The van der Waals surface area contributed by atoms with Crippen LogP contribution in [-0.4, -0.2) is 76.8 Å². The second kappa shape index (κ2) is 12.9. The quantitative estimate of drug-likeness (QED) is 0.0877. The van der Waals surface area contributed by atoms with Gasteiger partial charge in [-0.05, 0) is 70.1 Å². The summed E-state index contributed by atoms with van der Waals surface area (Å²) >= 11 is 0. The van der Waals surface area contributed by atoms with Crippen LogP contribution in [0.4, 0.5) is 22.7 Å². The van der Waals surface area contributed by atoms with E-state index in [2.05, 4.69) is 41.2 Å². The molecule has 5 aromatic heterocycles. The summed E-state index contributed by atoms with van der Waals surface area (Å²) in [7, 11) is 3.45. The van der Waals surface area contributed by atoms with Crippen molar-refractivity contribution in [2.45, 2.75) is 0 Å². The van der Waals surface area contributed by atoms with Crippen molar-refractivity contribution in [1.82, 2.24) is 59.8 Å². The molecular weight excluding hydrogens is 808 g/mol. The van der Waals surface area contributed by atoms with Gasteiger partial charge in [0.1, 0.15) is 0 Å². The number of rotatable bonds is 6. The van der Waals surface area contributed by atoms with Gasteiger partial charge in [0.15, 0.2) is 0 Å². The average molecular weight is 832 g/mol. The second-order valence-electron chi connectivity index (χ2n) is 13.4. The maximum absolute atomic E-state index is 12.4. The molecule has 0 fully saturated rings. The van der Waals surface area contributed by atoms with Gasteiger partial charge in [-0.2, -0.15) is 0 Å². The standard InChI is InChI=1S/C38H26N16O4.Cu/c1-39-21-3-13-15(5-23(21)41-11-55)31-47-29(13)49-33-17-7-25-27(45-37(57)43-25)9-19(17)35(52-33)54-36-20-10-28-26(44-38(58)46-28)8-18(20)34(53-36)50-30-14-4-22(40-2)24(42-12-56)6-16(14)32(48-30)51-31;/h3-12H,1-2H3,(H10,39,40,41,42,43,44,45,46,47,48,49,50,51,52,53,54,55,56,57,58);/q;+2/p-2. The minimum absolute atomic E-state index is 0. The Morgan fingerprint density at radius 1 is 0.458 bits per heavy atom. The number of hydrogen-bond acceptors (Lipinski definition) is 12. The average Bonchev–Trinajstić information content (AvgIpc) is 4.05. The first-order valence-corrected chi connectivity index (χ1v) is 17.7. The number of aromatic amines is 4. The molecule has 9 aromatic rings. The first kappa shape index (κ1) is 35.3. The van der Waals surface area contributed by atoms with Crippen LogP contribution in [0.1, 0.15) is 0 Å². The Hall–Kier alpha value is -8.16. The summed E-state index contributed by atoms with van der Waals surface area (Å²) < 4.78 is 0. The number of nitrogens with zero attached hydrogens (tertiary/aromatic N) is 8. The topological polar surface area (TPSA) is 285 Å². The van der Waals surface area contributed by atoms with Crippen LogP contribution in [-0.2, 0) is 26.7 Å². The third kappa shape index (κ3) is 5.36. The molecule has 0 aliphatic carbocycles. The summed E-state index contributed by atoms with van der Waals surface area (Å²) in [6.45, 7) is 0. The molecule has 0 unspecified atom stereocenters. The zero-order chi connectivity index (χ0) is 39.4. The third-order valence-corrected chi connectivity index (χ3v) is 10.2. The zero-order valence-electron chi connectivity index (χ0n) is 30.3. The van der Waals surface area contributed by atoms with Gasteiger partial charge in [0.05, 0.1) is 68.1 Å². The smallest absolute Gasteiger partial charge is 0.386 e. The summed E-state index contributed by atoms with van der Waals surface area (Å²) in [5, 5.41) is 13.9. The molecule has 2 aliphatic heterocycles. The predicted octanol–water partition coefficient (Wildman–Crippen LogP) is 3.68. The fourth-order valence-electron chi connectivity index (χ4n) is 7.59. The molecule has 1 radical (unpaired) electrons. The molecule has 0 atom stereocenters. The fourth-order valence-corrected chi connectivity index (χ4v) is 7.59. The van der Waals surface area contributed by atoms with Gasteiger partial charge in [0, 0.05) is 58.9 Å². The second-order valence-corrected chi connectivity index (χ2v) is 13.4. The molecule has 8 N–H and O–H groups in total. The Labute approximate surface area is 337 Å². The molecule has 11 rings (SSSR count). The van der Waals surface area contributed by atoms with Crippen LogP contribution >= 0.6 is 0 Å². The Balaban J connectivity index is 0.00000420. The molecule has 21 heteroatoms. The first-order valence-electron chi connectivity index (χ1n) is 17.7. The summed E-state index contributed by atoms with van der Waals surface area (Å²) in [4.78, 5) is 99.0. The predicted molar refractivity (Wildman–Crippen MR) is 217 cm³/mol. The number of amides is 2. The molecule has 0 saturated heterocycles. The van der Waals surface area contributed by atoms with E-state index in [0.29, 0.717) is 101 Å². The molecule has 4 aromatic carbocycles. The van der Waals surface area contributed by atoms with Crippen molar-refractivity contribution in [2.24, 2.45) is 0 Å². The first-order chi connectivity index (χ1) is 28.3. The van der Waals surface area contributed by atoms with Gasteiger partial charge in [-0.1, -0.05) is 0 Å². The van der Waals surface area contributed by atoms with Crippen molar-refractivity contribution < 1.29 is 26.7 Å². The van der Waals surface area contributed by atoms with E-state index in [1.165, 1.54) is 0 Å². The number of benzene rings is 4. The molecule has 8 bridgehead atoms. The molecule has 0 saturated carbocycles. The number of imidazole rings is 2. The number of aromatic nitrogens is 12. The molecule has 291 valence electrons. The zero-order valence-corrected chi connectivity index (χ0v) is 31.2. The van der Waals surface area contributed by atoms with Gasteiger partial charge >= 0.3 is 28.4 Å². The van der Waals surface area contributed by atoms with E-state index in [4.69, 9.17) is 39.9 Å². The Kier molecular flexibility index (Phi) is 7.74. The van der Waals surface area contributed by atoms with Crippen LogP contribution in [0, 0.1) is 0 Å². The van der Waals surface area contributed by atoms with E-state index in [0.717, 1.165) is 0 Å². The van der Waals surface area contributed by atoms with Crippen LogP contribution in [0.25, 0.3) is 112 Å². The number of H-pyrrole nitrogens is 4. The van der Waals surface area contributed by atoms with Crippen LogP contribution in [0.15, 0.2) is 58.1 Å². The maximum atomic E-state index is 12.4. The van der Waals surface area contributed by atoms with E-state index in [1.807, 2.05) is 0 Å². The molecule has 2 aliphatic rings. The third-order valence-electron chi connectivity index (χ3n) is 10.2. The van der Waals surface area contributed by atoms with E-state index in [-0.39, 0.29) is 74.3 Å². The molecule has 2 amide bonds. The molecule has 0 spiro atoms. The molecule has 59 heavy (non-hydrogen) atoms. The van der Waals surface area contributed by atoms with Gasteiger partial charge in [-0.25, -0.2) is 19.6 Å². The Morgan fingerprint density at radius 2 is 0.780 bits per heavy atom. The molecule has 20 nitrogen and oxygen atoms in total. The Morgan fingerprint density at radius 3 is 1.19 bits per heavy atom. The fraction of sp³-hybridized carbons (Fsp3) is 0.0526. The van der Waals surface area contributed by atoms with Crippen molar-refractivity contribution in [3.63, 3.8) is 0 Å². The summed E-state index contributed by atoms with van der Waals surface area (Å²) in [5.74, 6) is 0.976. The van der Waals surface area contributed by atoms with Gasteiger partial charge in [0.2, 0.25) is 12.8 Å². The largest absolute Gasteiger partial charge is 2.00 e. The van der Waals surface area contributed by atoms with Crippen LogP contribution in [0.3, 0.4) is 0 Å². The van der Waals surface area contributed by atoms with Crippen LogP contribution in [0.5, 0.6) is 0 Å². The number of hydrogen-bond donors (Lipinski definition) is 8. The molecule has 7 heterocycles. The number of fused-ring (bicyclic) bond motifs is 22. The van der Waals surface area contributed by atoms with E-state index >= 15 is 0 Å². The van der Waals surface area contributed by atoms with E-state index in [1.54, 1.807) is 62.6 Å². The van der Waals surface area contributed by atoms with Gasteiger partial charge < -0.3 is 71.1 Å². The van der Waals surface area contributed by atoms with Crippen LogP contribution in [0.2, 0.25) is 0 Å².